The number of fused-ring (bicyclic) bond motifs is 1. The summed E-state index contributed by atoms with van der Waals surface area (Å²) in [6, 6.07) is 18.1. The van der Waals surface area contributed by atoms with E-state index in [4.69, 9.17) is 4.74 Å². The van der Waals surface area contributed by atoms with Crippen molar-refractivity contribution in [3.8, 4) is 5.75 Å². The molecule has 3 atom stereocenters. The molecule has 0 bridgehead atoms. The van der Waals surface area contributed by atoms with Crippen LogP contribution < -0.4 is 15.4 Å². The molecule has 7 heteroatoms. The van der Waals surface area contributed by atoms with E-state index in [-0.39, 0.29) is 29.9 Å². The monoisotopic (exact) mass is 450 g/mol. The molecule has 7 nitrogen and oxygen atoms in total. The number of hydrogen-bond donors (Lipinski definition) is 2. The number of methoxy groups -OCH3 is 1. The number of likely N-dealkylation sites (N-methyl/N-ethyl adjacent to an activating group) is 1. The van der Waals surface area contributed by atoms with Crippen LogP contribution in [0.25, 0.3) is 0 Å². The average molecular weight is 451 g/mol. The maximum atomic E-state index is 13.0. The molecule has 0 aromatic heterocycles. The molecule has 0 radical (unpaired) electrons. The summed E-state index contributed by atoms with van der Waals surface area (Å²) >= 11 is 0. The minimum absolute atomic E-state index is 0.0481. The van der Waals surface area contributed by atoms with Crippen molar-refractivity contribution in [1.82, 2.24) is 20.4 Å². The van der Waals surface area contributed by atoms with Gasteiger partial charge in [-0.3, -0.25) is 19.4 Å². The van der Waals surface area contributed by atoms with Gasteiger partial charge in [-0.15, -0.1) is 0 Å². The summed E-state index contributed by atoms with van der Waals surface area (Å²) in [5, 5.41) is 6.14. The maximum Gasteiger partial charge on any atom is 0.239 e. The van der Waals surface area contributed by atoms with Crippen LogP contribution in [0, 0.1) is 0 Å². The van der Waals surface area contributed by atoms with E-state index >= 15 is 0 Å². The molecule has 2 N–H and O–H groups in total. The highest BCUT2D eigenvalue weighted by Gasteiger charge is 2.44. The lowest BCUT2D eigenvalue weighted by molar-refractivity contribution is -0.126. The third kappa shape index (κ3) is 5.72. The summed E-state index contributed by atoms with van der Waals surface area (Å²) in [5.74, 6) is 0.974. The van der Waals surface area contributed by atoms with Crippen molar-refractivity contribution in [1.29, 1.82) is 0 Å². The number of carbonyl (C=O) groups is 2. The minimum Gasteiger partial charge on any atom is -0.497 e. The molecule has 0 unspecified atom stereocenters. The first-order valence-corrected chi connectivity index (χ1v) is 11.7. The number of hydrogen-bond acceptors (Lipinski definition) is 5. The van der Waals surface area contributed by atoms with Gasteiger partial charge >= 0.3 is 0 Å². The predicted octanol–water partition coefficient (Wildman–Crippen LogP) is 2.16. The van der Waals surface area contributed by atoms with E-state index in [1.807, 2.05) is 42.5 Å². The molecule has 0 spiro atoms. The molecule has 2 saturated heterocycles. The number of nitrogens with zero attached hydrogens (tertiary/aromatic N) is 2. The second kappa shape index (κ2) is 10.8. The Kier molecular flexibility index (Phi) is 7.62. The Hall–Kier alpha value is -2.90. The van der Waals surface area contributed by atoms with Crippen molar-refractivity contribution in [3.63, 3.8) is 0 Å². The number of nitrogens with one attached hydrogen (secondary N) is 2. The van der Waals surface area contributed by atoms with E-state index in [2.05, 4.69) is 39.6 Å². The molecule has 2 aliphatic heterocycles. The summed E-state index contributed by atoms with van der Waals surface area (Å²) in [4.78, 5) is 30.0. The van der Waals surface area contributed by atoms with Crippen LogP contribution in [0.4, 0.5) is 0 Å². The van der Waals surface area contributed by atoms with E-state index in [1.165, 1.54) is 5.56 Å². The Morgan fingerprint density at radius 3 is 2.61 bits per heavy atom. The summed E-state index contributed by atoms with van der Waals surface area (Å²) in [6.45, 7) is 2.73. The van der Waals surface area contributed by atoms with Crippen molar-refractivity contribution in [3.05, 3.63) is 65.7 Å². The van der Waals surface area contributed by atoms with Gasteiger partial charge in [-0.05, 0) is 43.1 Å². The standard InChI is InChI=1S/C26H34N4O3/c1-29-21(10-13-24(31)27-16-19-6-4-3-5-7-19)17-28-26(32)25-23(29)14-15-30(25)18-20-8-11-22(33-2)12-9-20/h3-9,11-12,21,23,25H,10,13-18H2,1-2H3,(H,27,31)(H,28,32)/t21-,23+,25-/m0/s1. The van der Waals surface area contributed by atoms with E-state index in [0.29, 0.717) is 19.5 Å². The summed E-state index contributed by atoms with van der Waals surface area (Å²) in [7, 11) is 3.76. The molecule has 2 fully saturated rings. The third-order valence-electron chi connectivity index (χ3n) is 6.93. The lowest BCUT2D eigenvalue weighted by Crippen LogP contribution is -2.49. The fourth-order valence-electron chi connectivity index (χ4n) is 4.97. The van der Waals surface area contributed by atoms with Gasteiger partial charge in [-0.1, -0.05) is 42.5 Å². The van der Waals surface area contributed by atoms with Crippen LogP contribution in [0.3, 0.4) is 0 Å². The van der Waals surface area contributed by atoms with Gasteiger partial charge in [0.25, 0.3) is 0 Å². The summed E-state index contributed by atoms with van der Waals surface area (Å²) < 4.78 is 5.25. The number of ether oxygens (including phenoxy) is 1. The van der Waals surface area contributed by atoms with Gasteiger partial charge in [0.2, 0.25) is 11.8 Å². The maximum absolute atomic E-state index is 13.0. The van der Waals surface area contributed by atoms with E-state index < -0.39 is 0 Å². The first kappa shape index (κ1) is 23.3. The van der Waals surface area contributed by atoms with Gasteiger partial charge in [-0.2, -0.15) is 0 Å². The second-order valence-electron chi connectivity index (χ2n) is 8.98. The lowest BCUT2D eigenvalue weighted by atomic mass is 10.0. The van der Waals surface area contributed by atoms with Gasteiger partial charge in [0, 0.05) is 44.7 Å². The molecule has 2 aromatic carbocycles. The highest BCUT2D eigenvalue weighted by Crippen LogP contribution is 2.29. The predicted molar refractivity (Wildman–Crippen MR) is 128 cm³/mol. The Labute approximate surface area is 196 Å². The Morgan fingerprint density at radius 1 is 1.12 bits per heavy atom. The average Bonchev–Trinajstić information content (AvgIpc) is 3.22. The minimum atomic E-state index is -0.172. The van der Waals surface area contributed by atoms with Crippen molar-refractivity contribution < 1.29 is 14.3 Å². The van der Waals surface area contributed by atoms with Crippen LogP contribution in [-0.2, 0) is 22.7 Å². The van der Waals surface area contributed by atoms with Crippen LogP contribution in [0.15, 0.2) is 54.6 Å². The van der Waals surface area contributed by atoms with Crippen LogP contribution in [0.2, 0.25) is 0 Å². The summed E-state index contributed by atoms with van der Waals surface area (Å²) in [5.41, 5.74) is 2.26. The summed E-state index contributed by atoms with van der Waals surface area (Å²) in [6.07, 6.45) is 2.12. The molecule has 0 aliphatic carbocycles. The highest BCUT2D eigenvalue weighted by atomic mass is 16.5. The molecule has 2 heterocycles. The molecule has 2 aliphatic rings. The van der Waals surface area contributed by atoms with Crippen LogP contribution in [0.5, 0.6) is 5.75 Å². The molecule has 4 rings (SSSR count). The first-order chi connectivity index (χ1) is 16.0. The number of rotatable bonds is 8. The van der Waals surface area contributed by atoms with E-state index in [9.17, 15) is 9.59 Å². The molecule has 176 valence electrons. The molecule has 0 saturated carbocycles. The van der Waals surface area contributed by atoms with E-state index in [1.54, 1.807) is 7.11 Å². The van der Waals surface area contributed by atoms with Gasteiger partial charge in [-0.25, -0.2) is 0 Å². The zero-order chi connectivity index (χ0) is 23.2. The Bertz CT molecular complexity index is 934. The Balaban J connectivity index is 1.32. The molecule has 2 amide bonds. The van der Waals surface area contributed by atoms with Crippen molar-refractivity contribution in [2.75, 3.05) is 27.2 Å². The normalized spacial score (nSPS) is 23.5. The van der Waals surface area contributed by atoms with Gasteiger partial charge in [0.05, 0.1) is 7.11 Å². The molecular weight excluding hydrogens is 416 g/mol. The zero-order valence-corrected chi connectivity index (χ0v) is 19.5. The smallest absolute Gasteiger partial charge is 0.239 e. The molecular formula is C26H34N4O3. The number of carbonyl (C=O) groups excluding carboxylic acids is 2. The van der Waals surface area contributed by atoms with Crippen molar-refractivity contribution in [2.45, 2.75) is 50.5 Å². The third-order valence-corrected chi connectivity index (χ3v) is 6.93. The van der Waals surface area contributed by atoms with Crippen LogP contribution >= 0.6 is 0 Å². The fourth-order valence-corrected chi connectivity index (χ4v) is 4.97. The van der Waals surface area contributed by atoms with Crippen LogP contribution in [0.1, 0.15) is 30.4 Å². The van der Waals surface area contributed by atoms with Gasteiger partial charge < -0.3 is 15.4 Å². The number of amides is 2. The Morgan fingerprint density at radius 2 is 1.88 bits per heavy atom. The van der Waals surface area contributed by atoms with E-state index in [0.717, 1.165) is 37.2 Å². The zero-order valence-electron chi connectivity index (χ0n) is 19.5. The SMILES string of the molecule is COc1ccc(CN2CC[C@@H]3[C@H]2C(=O)NC[C@H](CCC(=O)NCc2ccccc2)N3C)cc1. The topological polar surface area (TPSA) is 73.9 Å². The van der Waals surface area contributed by atoms with Gasteiger partial charge in [0.15, 0.2) is 0 Å². The number of likely N-dealkylation sites (tertiary alicyclic amines) is 1. The first-order valence-electron chi connectivity index (χ1n) is 11.7. The second-order valence-corrected chi connectivity index (χ2v) is 8.98. The van der Waals surface area contributed by atoms with Crippen molar-refractivity contribution >= 4 is 11.8 Å². The van der Waals surface area contributed by atoms with Gasteiger partial charge in [0.1, 0.15) is 11.8 Å². The quantitative estimate of drug-likeness (QED) is 0.645. The largest absolute Gasteiger partial charge is 0.497 e. The number of benzene rings is 2. The molecule has 33 heavy (non-hydrogen) atoms. The van der Waals surface area contributed by atoms with Crippen molar-refractivity contribution in [2.24, 2.45) is 0 Å². The highest BCUT2D eigenvalue weighted by molar-refractivity contribution is 5.83. The van der Waals surface area contributed by atoms with Crippen LogP contribution in [-0.4, -0.2) is 67.0 Å². The fraction of sp³-hybridized carbons (Fsp3) is 0.462. The lowest BCUT2D eigenvalue weighted by Gasteiger charge is -2.33. The molecule has 2 aromatic rings.